The van der Waals surface area contributed by atoms with Crippen LogP contribution in [0.15, 0.2) is 24.4 Å². The summed E-state index contributed by atoms with van der Waals surface area (Å²) in [6, 6.07) is 5.97. The molecule has 4 heteroatoms. The van der Waals surface area contributed by atoms with Gasteiger partial charge in [-0.3, -0.25) is 4.98 Å². The summed E-state index contributed by atoms with van der Waals surface area (Å²) < 4.78 is 0. The minimum absolute atomic E-state index is 0.315. The normalized spacial score (nSPS) is 10.8. The molecule has 0 saturated carbocycles. The zero-order valence-corrected chi connectivity index (χ0v) is 12.6. The largest absolute Gasteiger partial charge is 0.370 e. The molecule has 1 N–H and O–H groups in total. The Morgan fingerprint density at radius 1 is 1.20 bits per heavy atom. The summed E-state index contributed by atoms with van der Waals surface area (Å²) in [5.74, 6) is 2.14. The van der Waals surface area contributed by atoms with E-state index in [0.29, 0.717) is 5.92 Å². The Labute approximate surface area is 120 Å². The maximum atomic E-state index is 4.72. The fourth-order valence-electron chi connectivity index (χ4n) is 2.03. The summed E-state index contributed by atoms with van der Waals surface area (Å²) in [7, 11) is 0. The number of anilines is 1. The van der Waals surface area contributed by atoms with Crippen molar-refractivity contribution in [3.8, 4) is 0 Å². The monoisotopic (exact) mass is 270 g/mol. The highest BCUT2D eigenvalue weighted by Gasteiger charge is 2.13. The fourth-order valence-corrected chi connectivity index (χ4v) is 2.03. The smallest absolute Gasteiger partial charge is 0.133 e. The zero-order chi connectivity index (χ0) is 14.5. The molecule has 0 aliphatic heterocycles. The van der Waals surface area contributed by atoms with Crippen LogP contribution in [0.1, 0.15) is 49.5 Å². The van der Waals surface area contributed by atoms with E-state index in [2.05, 4.69) is 43.0 Å². The summed E-state index contributed by atoms with van der Waals surface area (Å²) >= 11 is 0. The average molecular weight is 270 g/mol. The molecule has 0 bridgehead atoms. The van der Waals surface area contributed by atoms with Crippen LogP contribution in [0.3, 0.4) is 0 Å². The third-order valence-electron chi connectivity index (χ3n) is 3.20. The van der Waals surface area contributed by atoms with E-state index in [1.165, 1.54) is 0 Å². The van der Waals surface area contributed by atoms with Gasteiger partial charge in [0.1, 0.15) is 11.6 Å². The lowest BCUT2D eigenvalue weighted by Gasteiger charge is -2.14. The van der Waals surface area contributed by atoms with Crippen molar-refractivity contribution >= 4 is 5.82 Å². The third-order valence-corrected chi connectivity index (χ3v) is 3.20. The first-order valence-electron chi connectivity index (χ1n) is 7.13. The molecular weight excluding hydrogens is 248 g/mol. The molecule has 0 atom stereocenters. The summed E-state index contributed by atoms with van der Waals surface area (Å²) in [5.41, 5.74) is 3.20. The molecule has 0 unspecified atom stereocenters. The number of nitrogens with one attached hydrogen (secondary N) is 1. The molecule has 2 aromatic heterocycles. The maximum Gasteiger partial charge on any atom is 0.133 e. The molecule has 106 valence electrons. The van der Waals surface area contributed by atoms with Crippen molar-refractivity contribution in [1.29, 1.82) is 0 Å². The Balaban J connectivity index is 2.40. The number of aromatic nitrogens is 3. The second-order valence-corrected chi connectivity index (χ2v) is 5.18. The Kier molecular flexibility index (Phi) is 4.66. The summed E-state index contributed by atoms with van der Waals surface area (Å²) in [6.45, 7) is 9.24. The van der Waals surface area contributed by atoms with E-state index in [1.807, 2.05) is 24.4 Å². The highest BCUT2D eigenvalue weighted by molar-refractivity contribution is 5.46. The average Bonchev–Trinajstić information content (AvgIpc) is 2.44. The summed E-state index contributed by atoms with van der Waals surface area (Å²) in [6.07, 6.45) is 2.56. The lowest BCUT2D eigenvalue weighted by atomic mass is 10.1. The standard InChI is InChI=1S/C16H22N4/c1-5-17-16-12(4)14(19-15(20-16)11(2)3)10-13-8-6-7-9-18-13/h6-9,11H,5,10H2,1-4H3,(H,17,19,20). The van der Waals surface area contributed by atoms with Gasteiger partial charge in [0.15, 0.2) is 0 Å². The zero-order valence-electron chi connectivity index (χ0n) is 12.6. The SMILES string of the molecule is CCNc1nc(C(C)C)nc(Cc2ccccn2)c1C. The molecule has 0 amide bonds. The molecule has 0 aromatic carbocycles. The van der Waals surface area contributed by atoms with Crippen LogP contribution in [0.4, 0.5) is 5.82 Å². The van der Waals surface area contributed by atoms with Gasteiger partial charge in [-0.05, 0) is 26.0 Å². The lowest BCUT2D eigenvalue weighted by molar-refractivity contribution is 0.755. The Bertz CT molecular complexity index is 564. The quantitative estimate of drug-likeness (QED) is 0.905. The highest BCUT2D eigenvalue weighted by atomic mass is 15.0. The number of hydrogen-bond donors (Lipinski definition) is 1. The molecule has 0 spiro atoms. The molecule has 2 aromatic rings. The van der Waals surface area contributed by atoms with E-state index >= 15 is 0 Å². The van der Waals surface area contributed by atoms with Crippen LogP contribution < -0.4 is 5.32 Å². The van der Waals surface area contributed by atoms with Gasteiger partial charge in [-0.2, -0.15) is 0 Å². The van der Waals surface area contributed by atoms with Gasteiger partial charge in [0.05, 0.1) is 5.69 Å². The van der Waals surface area contributed by atoms with Crippen LogP contribution >= 0.6 is 0 Å². The van der Waals surface area contributed by atoms with Crippen LogP contribution in [0, 0.1) is 6.92 Å². The first kappa shape index (κ1) is 14.4. The van der Waals surface area contributed by atoms with Crippen molar-refractivity contribution in [2.45, 2.75) is 40.0 Å². The molecular formula is C16H22N4. The molecule has 4 nitrogen and oxygen atoms in total. The predicted molar refractivity (Wildman–Crippen MR) is 82.1 cm³/mol. The highest BCUT2D eigenvalue weighted by Crippen LogP contribution is 2.21. The Morgan fingerprint density at radius 3 is 2.60 bits per heavy atom. The van der Waals surface area contributed by atoms with Gasteiger partial charge >= 0.3 is 0 Å². The van der Waals surface area contributed by atoms with Crippen molar-refractivity contribution in [3.63, 3.8) is 0 Å². The van der Waals surface area contributed by atoms with Crippen LogP contribution in [-0.4, -0.2) is 21.5 Å². The van der Waals surface area contributed by atoms with Crippen LogP contribution in [-0.2, 0) is 6.42 Å². The second-order valence-electron chi connectivity index (χ2n) is 5.18. The van der Waals surface area contributed by atoms with Gasteiger partial charge in [-0.25, -0.2) is 9.97 Å². The first-order valence-corrected chi connectivity index (χ1v) is 7.13. The van der Waals surface area contributed by atoms with Crippen molar-refractivity contribution in [3.05, 3.63) is 47.2 Å². The topological polar surface area (TPSA) is 50.7 Å². The molecule has 2 heterocycles. The molecule has 0 saturated heterocycles. The third kappa shape index (κ3) is 3.32. The van der Waals surface area contributed by atoms with Crippen molar-refractivity contribution < 1.29 is 0 Å². The molecule has 0 radical (unpaired) electrons. The second kappa shape index (κ2) is 6.46. The van der Waals surface area contributed by atoms with Crippen LogP contribution in [0.2, 0.25) is 0 Å². The van der Waals surface area contributed by atoms with Gasteiger partial charge < -0.3 is 5.32 Å². The van der Waals surface area contributed by atoms with E-state index in [-0.39, 0.29) is 0 Å². The fraction of sp³-hybridized carbons (Fsp3) is 0.438. The van der Waals surface area contributed by atoms with Gasteiger partial charge in [-0.15, -0.1) is 0 Å². The van der Waals surface area contributed by atoms with E-state index < -0.39 is 0 Å². The van der Waals surface area contributed by atoms with Gasteiger partial charge in [0.25, 0.3) is 0 Å². The minimum atomic E-state index is 0.315. The molecule has 2 rings (SSSR count). The number of pyridine rings is 1. The van der Waals surface area contributed by atoms with Crippen LogP contribution in [0.5, 0.6) is 0 Å². The molecule has 20 heavy (non-hydrogen) atoms. The van der Waals surface area contributed by atoms with E-state index in [9.17, 15) is 0 Å². The van der Waals surface area contributed by atoms with Gasteiger partial charge in [0, 0.05) is 36.3 Å². The van der Waals surface area contributed by atoms with Gasteiger partial charge in [-0.1, -0.05) is 19.9 Å². The summed E-state index contributed by atoms with van der Waals surface area (Å²) in [5, 5.41) is 3.33. The van der Waals surface area contributed by atoms with Crippen molar-refractivity contribution in [1.82, 2.24) is 15.0 Å². The molecule has 0 fully saturated rings. The predicted octanol–water partition coefficient (Wildman–Crippen LogP) is 3.33. The van der Waals surface area contributed by atoms with Crippen LogP contribution in [0.25, 0.3) is 0 Å². The molecule has 0 aliphatic rings. The Morgan fingerprint density at radius 2 is 2.00 bits per heavy atom. The van der Waals surface area contributed by atoms with Crippen molar-refractivity contribution in [2.24, 2.45) is 0 Å². The lowest BCUT2D eigenvalue weighted by Crippen LogP contribution is -2.11. The number of nitrogens with zero attached hydrogens (tertiary/aromatic N) is 3. The number of rotatable bonds is 5. The van der Waals surface area contributed by atoms with E-state index in [0.717, 1.165) is 41.6 Å². The molecule has 0 aliphatic carbocycles. The van der Waals surface area contributed by atoms with Gasteiger partial charge in [0.2, 0.25) is 0 Å². The summed E-state index contributed by atoms with van der Waals surface area (Å²) in [4.78, 5) is 13.7. The first-order chi connectivity index (χ1) is 9.61. The van der Waals surface area contributed by atoms with Crippen molar-refractivity contribution in [2.75, 3.05) is 11.9 Å². The van der Waals surface area contributed by atoms with E-state index in [4.69, 9.17) is 4.98 Å². The number of hydrogen-bond acceptors (Lipinski definition) is 4. The van der Waals surface area contributed by atoms with E-state index in [1.54, 1.807) is 0 Å². The maximum absolute atomic E-state index is 4.72. The Hall–Kier alpha value is -1.97. The minimum Gasteiger partial charge on any atom is -0.370 e.